The Morgan fingerprint density at radius 3 is 1.16 bits per heavy atom. The molecule has 5 nitrogen and oxygen atoms in total. The van der Waals surface area contributed by atoms with E-state index in [1.807, 2.05) is 0 Å². The summed E-state index contributed by atoms with van der Waals surface area (Å²) in [5.74, 6) is 0. The molecule has 0 heterocycles. The van der Waals surface area contributed by atoms with Crippen LogP contribution < -0.4 is 6.15 Å². The van der Waals surface area contributed by atoms with Crippen molar-refractivity contribution in [3.8, 4) is 0 Å². The first-order valence-electron chi connectivity index (χ1n) is 13.4. The van der Waals surface area contributed by atoms with Crippen molar-refractivity contribution in [2.45, 2.75) is 122 Å². The standard InChI is InChI=1S/C26H58NO3Si.H3N/c1-7-8-9-10-11-12-13-14-15-16-17-18-19-20-21-22-24-27(2,3)25-23-26-31(28-4,29-5)30-6;/h7-26H2,1-6H3;1H3/q+1;. The molecular weight excluding hydrogens is 416 g/mol. The van der Waals surface area contributed by atoms with Gasteiger partial charge < -0.3 is 23.9 Å². The Kier molecular flexibility index (Phi) is 24.3. The van der Waals surface area contributed by atoms with Crippen LogP contribution in [0.2, 0.25) is 6.04 Å². The van der Waals surface area contributed by atoms with Gasteiger partial charge in [-0.25, -0.2) is 0 Å². The minimum absolute atomic E-state index is 0. The maximum atomic E-state index is 5.53. The van der Waals surface area contributed by atoms with Crippen LogP contribution in [0.3, 0.4) is 0 Å². The van der Waals surface area contributed by atoms with Gasteiger partial charge in [0.05, 0.1) is 27.2 Å². The molecular formula is C26H61N2O3Si+. The van der Waals surface area contributed by atoms with Gasteiger partial charge in [0.2, 0.25) is 0 Å². The molecule has 0 spiro atoms. The number of rotatable bonds is 24. The van der Waals surface area contributed by atoms with Crippen LogP contribution in [-0.2, 0) is 13.3 Å². The summed E-state index contributed by atoms with van der Waals surface area (Å²) in [6.45, 7) is 4.72. The summed E-state index contributed by atoms with van der Waals surface area (Å²) in [5, 5.41) is 0. The third-order valence-electron chi connectivity index (χ3n) is 6.80. The normalized spacial score (nSPS) is 12.2. The van der Waals surface area contributed by atoms with Crippen molar-refractivity contribution in [3.63, 3.8) is 0 Å². The molecule has 0 unspecified atom stereocenters. The SMILES string of the molecule is CCCCCCCCCCCCCCCCCC[N+](C)(C)CCC[Si](OC)(OC)OC.N. The molecule has 0 aliphatic rings. The highest BCUT2D eigenvalue weighted by Crippen LogP contribution is 2.17. The van der Waals surface area contributed by atoms with Crippen molar-refractivity contribution in [2.75, 3.05) is 48.5 Å². The molecule has 0 fully saturated rings. The lowest BCUT2D eigenvalue weighted by atomic mass is 10.0. The summed E-state index contributed by atoms with van der Waals surface area (Å²) in [4.78, 5) is 0. The fourth-order valence-electron chi connectivity index (χ4n) is 4.48. The molecule has 0 radical (unpaired) electrons. The predicted octanol–water partition coefficient (Wildman–Crippen LogP) is 7.75. The summed E-state index contributed by atoms with van der Waals surface area (Å²) in [6, 6.07) is 0.900. The average Bonchev–Trinajstić information content (AvgIpc) is 2.76. The van der Waals surface area contributed by atoms with E-state index in [9.17, 15) is 0 Å². The van der Waals surface area contributed by atoms with Crippen LogP contribution in [0.4, 0.5) is 0 Å². The topological polar surface area (TPSA) is 62.7 Å². The van der Waals surface area contributed by atoms with Crippen LogP contribution in [0, 0.1) is 0 Å². The van der Waals surface area contributed by atoms with E-state index in [-0.39, 0.29) is 6.15 Å². The molecule has 0 aromatic rings. The second kappa shape index (κ2) is 22.8. The van der Waals surface area contributed by atoms with Gasteiger partial charge in [-0.3, -0.25) is 0 Å². The Bertz CT molecular complexity index is 372. The molecule has 0 rings (SSSR count). The van der Waals surface area contributed by atoms with Crippen LogP contribution in [-0.4, -0.2) is 61.8 Å². The first-order valence-corrected chi connectivity index (χ1v) is 15.4. The van der Waals surface area contributed by atoms with Gasteiger partial charge in [0.25, 0.3) is 0 Å². The summed E-state index contributed by atoms with van der Waals surface area (Å²) >= 11 is 0. The molecule has 0 aromatic carbocycles. The van der Waals surface area contributed by atoms with E-state index in [1.54, 1.807) is 21.3 Å². The Hall–Kier alpha value is 0.0169. The quantitative estimate of drug-likeness (QED) is 0.0876. The van der Waals surface area contributed by atoms with Gasteiger partial charge in [-0.2, -0.15) is 0 Å². The highest BCUT2D eigenvalue weighted by atomic mass is 28.4. The van der Waals surface area contributed by atoms with Crippen LogP contribution >= 0.6 is 0 Å². The van der Waals surface area contributed by atoms with Gasteiger partial charge in [0.1, 0.15) is 0 Å². The zero-order valence-corrected chi connectivity index (χ0v) is 24.0. The first kappa shape index (κ1) is 34.2. The molecule has 6 heteroatoms. The van der Waals surface area contributed by atoms with Crippen LogP contribution in [0.1, 0.15) is 116 Å². The van der Waals surface area contributed by atoms with Crippen molar-refractivity contribution in [3.05, 3.63) is 0 Å². The minimum atomic E-state index is -2.40. The van der Waals surface area contributed by atoms with E-state index in [4.69, 9.17) is 13.3 Å². The molecule has 3 N–H and O–H groups in total. The fourth-order valence-corrected chi connectivity index (χ4v) is 6.18. The summed E-state index contributed by atoms with van der Waals surface area (Å²) < 4.78 is 17.7. The van der Waals surface area contributed by atoms with E-state index in [0.717, 1.165) is 23.5 Å². The Morgan fingerprint density at radius 2 is 0.812 bits per heavy atom. The average molecular weight is 478 g/mol. The van der Waals surface area contributed by atoms with Crippen molar-refractivity contribution >= 4 is 8.80 Å². The molecule has 0 aliphatic heterocycles. The fraction of sp³-hybridized carbons (Fsp3) is 1.00. The number of hydrogen-bond donors (Lipinski definition) is 1. The largest absolute Gasteiger partial charge is 0.500 e. The smallest absolute Gasteiger partial charge is 0.377 e. The van der Waals surface area contributed by atoms with E-state index in [0.29, 0.717) is 0 Å². The zero-order chi connectivity index (χ0) is 23.3. The molecule has 0 bridgehead atoms. The van der Waals surface area contributed by atoms with Crippen molar-refractivity contribution in [2.24, 2.45) is 0 Å². The van der Waals surface area contributed by atoms with E-state index >= 15 is 0 Å². The summed E-state index contributed by atoms with van der Waals surface area (Å²) in [7, 11) is 7.40. The lowest BCUT2D eigenvalue weighted by Gasteiger charge is -2.31. The maximum absolute atomic E-state index is 5.53. The molecule has 32 heavy (non-hydrogen) atoms. The maximum Gasteiger partial charge on any atom is 0.500 e. The highest BCUT2D eigenvalue weighted by molar-refractivity contribution is 6.60. The molecule has 0 amide bonds. The van der Waals surface area contributed by atoms with Crippen LogP contribution in [0.5, 0.6) is 0 Å². The molecule has 0 atom stereocenters. The van der Waals surface area contributed by atoms with Gasteiger partial charge in [-0.1, -0.05) is 96.8 Å². The molecule has 0 aromatic heterocycles. The van der Waals surface area contributed by atoms with Crippen molar-refractivity contribution in [1.82, 2.24) is 6.15 Å². The molecule has 0 saturated heterocycles. The third-order valence-corrected chi connectivity index (χ3v) is 9.63. The van der Waals surface area contributed by atoms with E-state index < -0.39 is 8.80 Å². The number of quaternary nitrogens is 1. The highest BCUT2D eigenvalue weighted by Gasteiger charge is 2.37. The van der Waals surface area contributed by atoms with Gasteiger partial charge >= 0.3 is 8.80 Å². The Morgan fingerprint density at radius 1 is 0.500 bits per heavy atom. The van der Waals surface area contributed by atoms with Crippen LogP contribution in [0.15, 0.2) is 0 Å². The predicted molar refractivity (Wildman–Crippen MR) is 143 cm³/mol. The van der Waals surface area contributed by atoms with Gasteiger partial charge in [0.15, 0.2) is 0 Å². The lowest BCUT2D eigenvalue weighted by Crippen LogP contribution is -2.45. The van der Waals surface area contributed by atoms with Gasteiger partial charge in [0, 0.05) is 33.8 Å². The van der Waals surface area contributed by atoms with Gasteiger partial charge in [-0.05, 0) is 12.8 Å². The molecule has 0 aliphatic carbocycles. The van der Waals surface area contributed by atoms with Crippen molar-refractivity contribution in [1.29, 1.82) is 0 Å². The second-order valence-electron chi connectivity index (χ2n) is 10.1. The first-order chi connectivity index (χ1) is 14.9. The zero-order valence-electron chi connectivity index (χ0n) is 23.0. The summed E-state index contributed by atoms with van der Waals surface area (Å²) in [5.41, 5.74) is 0. The molecule has 196 valence electrons. The monoisotopic (exact) mass is 477 g/mol. The minimum Gasteiger partial charge on any atom is -0.377 e. The Labute approximate surface area is 203 Å². The van der Waals surface area contributed by atoms with E-state index in [2.05, 4.69) is 21.0 Å². The molecule has 0 saturated carbocycles. The van der Waals surface area contributed by atoms with Gasteiger partial charge in [-0.15, -0.1) is 0 Å². The summed E-state index contributed by atoms with van der Waals surface area (Å²) in [6.07, 6.45) is 24.0. The van der Waals surface area contributed by atoms with Crippen molar-refractivity contribution < 1.29 is 17.8 Å². The lowest BCUT2D eigenvalue weighted by molar-refractivity contribution is -0.890. The van der Waals surface area contributed by atoms with E-state index in [1.165, 1.54) is 109 Å². The second-order valence-corrected chi connectivity index (χ2v) is 13.2. The number of nitrogens with zero attached hydrogens (tertiary/aromatic N) is 1. The number of unbranched alkanes of at least 4 members (excludes halogenated alkanes) is 15. The van der Waals surface area contributed by atoms with Crippen LogP contribution in [0.25, 0.3) is 0 Å². The number of hydrogen-bond acceptors (Lipinski definition) is 4. The third kappa shape index (κ3) is 19.5. The Balaban J connectivity index is 0.